The summed E-state index contributed by atoms with van der Waals surface area (Å²) in [6.45, 7) is 4.18. The lowest BCUT2D eigenvalue weighted by Crippen LogP contribution is -1.94. The number of fused-ring (bicyclic) bond motifs is 1. The van der Waals surface area contributed by atoms with Crippen LogP contribution in [0.1, 0.15) is 11.1 Å². The minimum Gasteiger partial charge on any atom is -0.497 e. The second kappa shape index (κ2) is 7.81. The smallest absolute Gasteiger partial charge is 0.315 e. The maximum absolute atomic E-state index is 5.70. The molecule has 0 saturated heterocycles. The van der Waals surface area contributed by atoms with Gasteiger partial charge in [0.25, 0.3) is 5.89 Å². The van der Waals surface area contributed by atoms with Gasteiger partial charge < -0.3 is 14.5 Å². The van der Waals surface area contributed by atoms with Crippen LogP contribution < -0.4 is 10.1 Å². The fourth-order valence-electron chi connectivity index (χ4n) is 3.76. The summed E-state index contributed by atoms with van der Waals surface area (Å²) in [6.07, 6.45) is 5.21. The first-order valence-electron chi connectivity index (χ1n) is 10.1. The van der Waals surface area contributed by atoms with Gasteiger partial charge in [0.15, 0.2) is 0 Å². The number of benzene rings is 2. The first-order chi connectivity index (χ1) is 15.6. The standard InChI is InChI=1S/C24H21N6O2/c1-14-6-5-7-15(2)21(14)19-10-11-30-13-20(27-23(30)26-19)17-9-8-16(31-4)12-18(17)22-28-29-24(25-3)32-22/h5-12H,1-4H3,(H,25,29). The quantitative estimate of drug-likeness (QED) is 0.441. The molecular formula is C24H21N6O2. The number of aromatic nitrogens is 5. The van der Waals surface area contributed by atoms with Crippen molar-refractivity contribution < 1.29 is 9.15 Å². The molecule has 3 aromatic heterocycles. The molecular weight excluding hydrogens is 404 g/mol. The maximum Gasteiger partial charge on any atom is 0.315 e. The number of aryl methyl sites for hydroxylation is 2. The Balaban J connectivity index is 1.64. The van der Waals surface area contributed by atoms with Gasteiger partial charge in [0.2, 0.25) is 5.78 Å². The van der Waals surface area contributed by atoms with E-state index in [-0.39, 0.29) is 0 Å². The van der Waals surface area contributed by atoms with Gasteiger partial charge >= 0.3 is 6.01 Å². The van der Waals surface area contributed by atoms with Crippen LogP contribution >= 0.6 is 0 Å². The third kappa shape index (κ3) is 3.35. The van der Waals surface area contributed by atoms with Crippen LogP contribution in [-0.4, -0.2) is 38.7 Å². The molecule has 2 aromatic carbocycles. The second-order valence-electron chi connectivity index (χ2n) is 7.40. The summed E-state index contributed by atoms with van der Waals surface area (Å²) in [5, 5.41) is 11.0. The van der Waals surface area contributed by atoms with Gasteiger partial charge in [-0.15, -0.1) is 5.10 Å². The summed E-state index contributed by atoms with van der Waals surface area (Å²) >= 11 is 0. The molecule has 0 aliphatic carbocycles. The zero-order chi connectivity index (χ0) is 22.2. The fourth-order valence-corrected chi connectivity index (χ4v) is 3.76. The van der Waals surface area contributed by atoms with Gasteiger partial charge in [0.05, 0.1) is 18.4 Å². The first kappa shape index (κ1) is 19.7. The predicted molar refractivity (Wildman–Crippen MR) is 122 cm³/mol. The van der Waals surface area contributed by atoms with Crippen molar-refractivity contribution in [2.75, 3.05) is 19.5 Å². The molecule has 0 amide bonds. The van der Waals surface area contributed by atoms with Crippen LogP contribution in [0.25, 0.3) is 39.7 Å². The third-order valence-electron chi connectivity index (χ3n) is 5.34. The lowest BCUT2D eigenvalue weighted by molar-refractivity contribution is 0.415. The first-order valence-corrected chi connectivity index (χ1v) is 10.1. The van der Waals surface area contributed by atoms with Gasteiger partial charge in [-0.25, -0.2) is 9.97 Å². The van der Waals surface area contributed by atoms with Crippen molar-refractivity contribution in [3.05, 3.63) is 66.0 Å². The van der Waals surface area contributed by atoms with E-state index in [1.54, 1.807) is 18.6 Å². The van der Waals surface area contributed by atoms with Crippen LogP contribution in [0, 0.1) is 20.0 Å². The maximum atomic E-state index is 5.70. The number of nitrogens with zero attached hydrogens (tertiary/aromatic N) is 5. The predicted octanol–water partition coefficient (Wildman–Crippen LogP) is 4.58. The van der Waals surface area contributed by atoms with E-state index in [4.69, 9.17) is 19.1 Å². The van der Waals surface area contributed by atoms with Crippen molar-refractivity contribution in [3.8, 4) is 39.7 Å². The van der Waals surface area contributed by atoms with E-state index in [0.717, 1.165) is 16.8 Å². The SMILES string of the molecule is CNc1nnc(-c2cc(OC)ccc2-c2[c]n3ccc(-c4c(C)cccc4C)nc3n2)o1. The zero-order valence-corrected chi connectivity index (χ0v) is 18.2. The molecule has 0 aliphatic rings. The normalized spacial score (nSPS) is 11.1. The van der Waals surface area contributed by atoms with E-state index in [9.17, 15) is 0 Å². The molecule has 0 saturated carbocycles. The number of ether oxygens (including phenoxy) is 1. The van der Waals surface area contributed by atoms with Crippen LogP contribution in [0.15, 0.2) is 53.1 Å². The van der Waals surface area contributed by atoms with Gasteiger partial charge in [-0.1, -0.05) is 23.3 Å². The number of methoxy groups -OCH3 is 1. The minimum atomic E-state index is 0.327. The van der Waals surface area contributed by atoms with Crippen LogP contribution in [0.2, 0.25) is 0 Å². The van der Waals surface area contributed by atoms with Gasteiger partial charge in [-0.2, -0.15) is 0 Å². The number of anilines is 1. The molecule has 5 aromatic rings. The molecule has 0 aliphatic heterocycles. The van der Waals surface area contributed by atoms with Gasteiger partial charge in [0.1, 0.15) is 17.6 Å². The molecule has 0 bridgehead atoms. The highest BCUT2D eigenvalue weighted by atomic mass is 16.5. The Labute approximate surface area is 184 Å². The Hall–Kier alpha value is -4.20. The Kier molecular flexibility index (Phi) is 4.82. The number of imidazole rings is 1. The Morgan fingerprint density at radius 3 is 2.53 bits per heavy atom. The van der Waals surface area contributed by atoms with E-state index in [1.165, 1.54) is 11.1 Å². The molecule has 1 N–H and O–H groups in total. The largest absolute Gasteiger partial charge is 0.497 e. The Bertz CT molecular complexity index is 1420. The Morgan fingerprint density at radius 1 is 1.00 bits per heavy atom. The van der Waals surface area contributed by atoms with Crippen molar-refractivity contribution in [1.29, 1.82) is 0 Å². The van der Waals surface area contributed by atoms with Gasteiger partial charge in [0, 0.05) is 24.4 Å². The van der Waals surface area contributed by atoms with Gasteiger partial charge in [-0.3, -0.25) is 4.40 Å². The summed E-state index contributed by atoms with van der Waals surface area (Å²) in [4.78, 5) is 9.55. The van der Waals surface area contributed by atoms with E-state index >= 15 is 0 Å². The highest BCUT2D eigenvalue weighted by Gasteiger charge is 2.18. The molecule has 5 rings (SSSR count). The lowest BCUT2D eigenvalue weighted by atomic mass is 10.00. The van der Waals surface area contributed by atoms with Gasteiger partial charge in [-0.05, 0) is 49.2 Å². The van der Waals surface area contributed by atoms with E-state index in [1.807, 2.05) is 30.5 Å². The van der Waals surface area contributed by atoms with Crippen LogP contribution in [0.5, 0.6) is 5.75 Å². The van der Waals surface area contributed by atoms with E-state index < -0.39 is 0 Å². The topological polar surface area (TPSA) is 90.4 Å². The third-order valence-corrected chi connectivity index (χ3v) is 5.34. The van der Waals surface area contributed by atoms with Crippen molar-refractivity contribution in [1.82, 2.24) is 24.6 Å². The van der Waals surface area contributed by atoms with Crippen LogP contribution in [0.4, 0.5) is 6.01 Å². The molecule has 1 radical (unpaired) electrons. The monoisotopic (exact) mass is 425 g/mol. The molecule has 32 heavy (non-hydrogen) atoms. The molecule has 8 heteroatoms. The van der Waals surface area contributed by atoms with E-state index in [0.29, 0.717) is 34.7 Å². The summed E-state index contributed by atoms with van der Waals surface area (Å²) in [5.41, 5.74) is 6.46. The van der Waals surface area contributed by atoms with Crippen molar-refractivity contribution in [3.63, 3.8) is 0 Å². The summed E-state index contributed by atoms with van der Waals surface area (Å²) in [5.74, 6) is 1.59. The molecule has 3 heterocycles. The summed E-state index contributed by atoms with van der Waals surface area (Å²) in [7, 11) is 3.33. The second-order valence-corrected chi connectivity index (χ2v) is 7.40. The zero-order valence-electron chi connectivity index (χ0n) is 18.2. The van der Waals surface area contributed by atoms with Crippen LogP contribution in [0.3, 0.4) is 0 Å². The molecule has 8 nitrogen and oxygen atoms in total. The summed E-state index contributed by atoms with van der Waals surface area (Å²) < 4.78 is 12.9. The highest BCUT2D eigenvalue weighted by Crippen LogP contribution is 2.34. The molecule has 0 fully saturated rings. The van der Waals surface area contributed by atoms with Crippen LogP contribution in [-0.2, 0) is 0 Å². The molecule has 0 atom stereocenters. The number of nitrogens with one attached hydrogen (secondary N) is 1. The number of hydrogen-bond acceptors (Lipinski definition) is 7. The molecule has 0 spiro atoms. The Morgan fingerprint density at radius 2 is 1.81 bits per heavy atom. The number of rotatable bonds is 5. The fraction of sp³-hybridized carbons (Fsp3) is 0.167. The lowest BCUT2D eigenvalue weighted by Gasteiger charge is -2.08. The van der Waals surface area contributed by atoms with Crippen molar-refractivity contribution >= 4 is 11.8 Å². The highest BCUT2D eigenvalue weighted by molar-refractivity contribution is 5.80. The van der Waals surface area contributed by atoms with E-state index in [2.05, 4.69) is 53.8 Å². The average Bonchev–Trinajstić information content (AvgIpc) is 3.45. The average molecular weight is 425 g/mol. The van der Waals surface area contributed by atoms with Crippen molar-refractivity contribution in [2.24, 2.45) is 0 Å². The van der Waals surface area contributed by atoms with Crippen molar-refractivity contribution in [2.45, 2.75) is 13.8 Å². The molecule has 159 valence electrons. The summed E-state index contributed by atoms with van der Waals surface area (Å²) in [6, 6.07) is 14.1. The number of hydrogen-bond donors (Lipinski definition) is 1. The molecule has 0 unspecified atom stereocenters. The minimum absolute atomic E-state index is 0.327.